The van der Waals surface area contributed by atoms with Gasteiger partial charge in [-0.2, -0.15) is 17.5 Å². The zero-order chi connectivity index (χ0) is 19.1. The number of sulfonamides is 1. The van der Waals surface area contributed by atoms with Crippen LogP contribution in [0.4, 0.5) is 19.0 Å². The van der Waals surface area contributed by atoms with E-state index in [2.05, 4.69) is 4.98 Å². The van der Waals surface area contributed by atoms with Crippen molar-refractivity contribution in [2.75, 3.05) is 31.1 Å². The molecule has 0 aliphatic carbocycles. The molecule has 0 saturated carbocycles. The van der Waals surface area contributed by atoms with Crippen LogP contribution in [0, 0.1) is 11.8 Å². The maximum Gasteiger partial charge on any atom is 0.394 e. The molecule has 3 heterocycles. The van der Waals surface area contributed by atoms with Crippen LogP contribution in [0.1, 0.15) is 12.8 Å². The number of halogens is 3. The number of aliphatic carboxylic acids is 1. The fourth-order valence-electron chi connectivity index (χ4n) is 3.38. The van der Waals surface area contributed by atoms with Gasteiger partial charge in [-0.15, -0.1) is 0 Å². The Morgan fingerprint density at radius 3 is 2.42 bits per heavy atom. The van der Waals surface area contributed by atoms with E-state index in [1.165, 1.54) is 27.5 Å². The molecule has 0 bridgehead atoms. The quantitative estimate of drug-likeness (QED) is 0.835. The van der Waals surface area contributed by atoms with E-state index in [1.54, 1.807) is 0 Å². The van der Waals surface area contributed by atoms with E-state index in [9.17, 15) is 26.4 Å². The van der Waals surface area contributed by atoms with Crippen LogP contribution in [0.25, 0.3) is 0 Å². The number of hydrogen-bond donors (Lipinski definition) is 1. The van der Waals surface area contributed by atoms with Gasteiger partial charge >= 0.3 is 12.1 Å². The van der Waals surface area contributed by atoms with E-state index in [0.717, 1.165) is 12.8 Å². The fourth-order valence-corrected chi connectivity index (χ4v) is 4.91. The minimum absolute atomic E-state index is 0.0308. The average Bonchev–Trinajstić information content (AvgIpc) is 3.24. The lowest BCUT2D eigenvalue weighted by Crippen LogP contribution is -2.33. The molecule has 0 spiro atoms. The highest BCUT2D eigenvalue weighted by Crippen LogP contribution is 2.39. The minimum atomic E-state index is -4.66. The average molecular weight is 393 g/mol. The summed E-state index contributed by atoms with van der Waals surface area (Å²) >= 11 is 0. The lowest BCUT2D eigenvalue weighted by atomic mass is 9.96. The SMILES string of the molecule is O=C(O)[C@@H]1CN(c2cc(S(=O)(=O)N3CCCC3)ccn2)C[C@H]1C(F)(F)F. The molecule has 26 heavy (non-hydrogen) atoms. The number of alkyl halides is 3. The van der Waals surface area contributed by atoms with Gasteiger partial charge in [0.05, 0.1) is 16.7 Å². The second-order valence-corrected chi connectivity index (χ2v) is 8.40. The van der Waals surface area contributed by atoms with Gasteiger partial charge in [0.25, 0.3) is 0 Å². The predicted molar refractivity (Wildman–Crippen MR) is 85.1 cm³/mol. The summed E-state index contributed by atoms with van der Waals surface area (Å²) in [6.07, 6.45) is -1.92. The third kappa shape index (κ3) is 3.50. The number of carbonyl (C=O) groups is 1. The highest BCUT2D eigenvalue weighted by Gasteiger charge is 2.53. The molecule has 1 N–H and O–H groups in total. The number of nitrogens with zero attached hydrogens (tertiary/aromatic N) is 3. The summed E-state index contributed by atoms with van der Waals surface area (Å²) in [6.45, 7) is -0.137. The summed E-state index contributed by atoms with van der Waals surface area (Å²) in [5, 5.41) is 9.09. The molecule has 2 aliphatic rings. The summed E-state index contributed by atoms with van der Waals surface area (Å²) in [7, 11) is -3.73. The van der Waals surface area contributed by atoms with Crippen molar-refractivity contribution in [3.05, 3.63) is 18.3 Å². The predicted octanol–water partition coefficient (Wildman–Crippen LogP) is 1.57. The van der Waals surface area contributed by atoms with Gasteiger partial charge in [-0.05, 0) is 18.9 Å². The van der Waals surface area contributed by atoms with Gasteiger partial charge in [-0.1, -0.05) is 0 Å². The number of hydrogen-bond acceptors (Lipinski definition) is 5. The van der Waals surface area contributed by atoms with Crippen molar-refractivity contribution in [2.45, 2.75) is 23.9 Å². The number of anilines is 1. The molecule has 11 heteroatoms. The van der Waals surface area contributed by atoms with Crippen molar-refractivity contribution in [2.24, 2.45) is 11.8 Å². The van der Waals surface area contributed by atoms with Crippen LogP contribution in [0.5, 0.6) is 0 Å². The maximum atomic E-state index is 13.1. The first-order valence-corrected chi connectivity index (χ1v) is 9.55. The first-order chi connectivity index (χ1) is 12.1. The van der Waals surface area contributed by atoms with Gasteiger partial charge in [0, 0.05) is 38.4 Å². The summed E-state index contributed by atoms with van der Waals surface area (Å²) in [6, 6.07) is 2.51. The highest BCUT2D eigenvalue weighted by atomic mass is 32.2. The zero-order valence-electron chi connectivity index (χ0n) is 13.7. The molecular formula is C15H18F3N3O4S. The Kier molecular flexibility index (Phi) is 4.86. The minimum Gasteiger partial charge on any atom is -0.481 e. The Morgan fingerprint density at radius 2 is 1.88 bits per heavy atom. The third-order valence-corrected chi connectivity index (χ3v) is 6.70. The van der Waals surface area contributed by atoms with E-state index in [0.29, 0.717) is 13.1 Å². The smallest absolute Gasteiger partial charge is 0.394 e. The second kappa shape index (κ2) is 6.69. The molecule has 0 radical (unpaired) electrons. The monoisotopic (exact) mass is 393 g/mol. The molecule has 0 aromatic carbocycles. The molecule has 1 aromatic rings. The molecule has 2 atom stereocenters. The lowest BCUT2D eigenvalue weighted by molar-refractivity contribution is -0.187. The van der Waals surface area contributed by atoms with Crippen LogP contribution in [-0.4, -0.2) is 61.1 Å². The topological polar surface area (TPSA) is 90.8 Å². The second-order valence-electron chi connectivity index (χ2n) is 6.46. The fraction of sp³-hybridized carbons (Fsp3) is 0.600. The van der Waals surface area contributed by atoms with Gasteiger partial charge in [-0.25, -0.2) is 13.4 Å². The number of carboxylic acids is 1. The van der Waals surface area contributed by atoms with E-state index < -0.39 is 40.5 Å². The zero-order valence-corrected chi connectivity index (χ0v) is 14.5. The molecule has 7 nitrogen and oxygen atoms in total. The molecule has 2 aliphatic heterocycles. The molecule has 2 fully saturated rings. The van der Waals surface area contributed by atoms with Gasteiger partial charge in [0.15, 0.2) is 0 Å². The summed E-state index contributed by atoms with van der Waals surface area (Å²) in [5.74, 6) is -5.14. The Balaban J connectivity index is 1.88. The van der Waals surface area contributed by atoms with Crippen LogP contribution >= 0.6 is 0 Å². The van der Waals surface area contributed by atoms with Crippen LogP contribution < -0.4 is 4.90 Å². The van der Waals surface area contributed by atoms with Crippen molar-refractivity contribution in [1.29, 1.82) is 0 Å². The summed E-state index contributed by atoms with van der Waals surface area (Å²) < 4.78 is 65.9. The van der Waals surface area contributed by atoms with Crippen LogP contribution in [0.15, 0.2) is 23.2 Å². The van der Waals surface area contributed by atoms with E-state index in [-0.39, 0.29) is 17.3 Å². The third-order valence-electron chi connectivity index (χ3n) is 4.80. The highest BCUT2D eigenvalue weighted by molar-refractivity contribution is 7.89. The molecule has 0 unspecified atom stereocenters. The largest absolute Gasteiger partial charge is 0.481 e. The molecule has 3 rings (SSSR count). The molecule has 144 valence electrons. The first kappa shape index (κ1) is 18.9. The molecule has 0 amide bonds. The lowest BCUT2D eigenvalue weighted by Gasteiger charge is -2.20. The van der Waals surface area contributed by atoms with Gasteiger partial charge in [0.2, 0.25) is 10.0 Å². The van der Waals surface area contributed by atoms with Crippen molar-refractivity contribution < 1.29 is 31.5 Å². The Bertz CT molecular complexity index is 794. The van der Waals surface area contributed by atoms with Crippen LogP contribution in [0.3, 0.4) is 0 Å². The molecular weight excluding hydrogens is 375 g/mol. The number of aromatic nitrogens is 1. The van der Waals surface area contributed by atoms with Crippen LogP contribution in [0.2, 0.25) is 0 Å². The number of rotatable bonds is 4. The van der Waals surface area contributed by atoms with Gasteiger partial charge < -0.3 is 10.0 Å². The standard InChI is InChI=1S/C15H18F3N3O4S/c16-15(17,18)12-9-20(8-11(12)14(22)23)13-7-10(3-4-19-13)26(24,25)21-5-1-2-6-21/h3-4,7,11-12H,1-2,5-6,8-9H2,(H,22,23)/t11-,12-/m1/s1. The normalized spacial score (nSPS) is 25.0. The maximum absolute atomic E-state index is 13.1. The van der Waals surface area contributed by atoms with Crippen molar-refractivity contribution >= 4 is 21.8 Å². The van der Waals surface area contributed by atoms with Gasteiger partial charge in [-0.3, -0.25) is 4.79 Å². The number of carboxylic acid groups (broad SMARTS) is 1. The Morgan fingerprint density at radius 1 is 1.23 bits per heavy atom. The van der Waals surface area contributed by atoms with E-state index in [4.69, 9.17) is 5.11 Å². The first-order valence-electron chi connectivity index (χ1n) is 8.11. The van der Waals surface area contributed by atoms with Crippen LogP contribution in [-0.2, 0) is 14.8 Å². The van der Waals surface area contributed by atoms with Crippen molar-refractivity contribution in [1.82, 2.24) is 9.29 Å². The molecule has 1 aromatic heterocycles. The van der Waals surface area contributed by atoms with Crippen molar-refractivity contribution in [3.63, 3.8) is 0 Å². The Labute approximate surface area is 148 Å². The summed E-state index contributed by atoms with van der Waals surface area (Å²) in [5.41, 5.74) is 0. The van der Waals surface area contributed by atoms with E-state index >= 15 is 0 Å². The van der Waals surface area contributed by atoms with Gasteiger partial charge in [0.1, 0.15) is 5.82 Å². The molecule has 2 saturated heterocycles. The van der Waals surface area contributed by atoms with Crippen molar-refractivity contribution in [3.8, 4) is 0 Å². The number of pyridine rings is 1. The summed E-state index contributed by atoms with van der Waals surface area (Å²) in [4.78, 5) is 16.3. The Hall–Kier alpha value is -1.88. The van der Waals surface area contributed by atoms with E-state index in [1.807, 2.05) is 0 Å².